The van der Waals surface area contributed by atoms with Gasteiger partial charge in [-0.3, -0.25) is 9.80 Å². The van der Waals surface area contributed by atoms with Gasteiger partial charge in [-0.25, -0.2) is 4.98 Å². The molecule has 2 unspecified atom stereocenters. The quantitative estimate of drug-likeness (QED) is 0.143. The van der Waals surface area contributed by atoms with Gasteiger partial charge < -0.3 is 31.3 Å². The molecule has 2 atom stereocenters. The molecule has 5 heterocycles. The SMILES string of the molecule is Cc1ncsc1-c1ccc(CN)c(N(C)CCCN2CCN(c3ccc(CN4C5CCC4CN(c4cc(-c6ccccc6O)nnc4N)C5)cc3)CC2)c1. The molecule has 54 heavy (non-hydrogen) atoms. The number of benzene rings is 3. The standard InChI is InChI=1S/C42H52N10OS/c1-29-41(54-28-45-29)31-10-11-32(24-43)38(22-31)48(2)16-5-17-49-18-20-50(21-19-49)33-12-8-30(9-13-33)25-52-34-14-15-35(52)27-51(26-34)39-23-37(46-47-42(39)44)36-6-3-4-7-40(36)53/h3-4,6-13,22-23,28,34-35,53H,5,14-21,24-27,43H2,1-2H3,(H2,44,47). The van der Waals surface area contributed by atoms with Gasteiger partial charge in [0.05, 0.1) is 27.5 Å². The summed E-state index contributed by atoms with van der Waals surface area (Å²) < 4.78 is 0. The number of phenolic OH excluding ortho intramolecular Hbond substituents is 1. The zero-order valence-corrected chi connectivity index (χ0v) is 32.3. The molecule has 3 aromatic carbocycles. The summed E-state index contributed by atoms with van der Waals surface area (Å²) in [5.41, 5.74) is 24.0. The van der Waals surface area contributed by atoms with E-state index in [4.69, 9.17) is 11.5 Å². The van der Waals surface area contributed by atoms with Crippen molar-refractivity contribution < 1.29 is 5.11 Å². The molecule has 3 fully saturated rings. The van der Waals surface area contributed by atoms with Crippen molar-refractivity contribution in [1.82, 2.24) is 25.0 Å². The predicted octanol–water partition coefficient (Wildman–Crippen LogP) is 5.82. The normalized spacial score (nSPS) is 19.1. The van der Waals surface area contributed by atoms with E-state index in [0.717, 1.165) is 76.7 Å². The van der Waals surface area contributed by atoms with Gasteiger partial charge >= 0.3 is 0 Å². The molecule has 0 radical (unpaired) electrons. The monoisotopic (exact) mass is 744 g/mol. The number of fused-ring (bicyclic) bond motifs is 2. The number of nitrogen functional groups attached to an aromatic ring is 1. The molecule has 2 aromatic heterocycles. The Balaban J connectivity index is 0.812. The molecule has 5 N–H and O–H groups in total. The smallest absolute Gasteiger partial charge is 0.169 e. The number of aromatic hydroxyl groups is 1. The average Bonchev–Trinajstić information content (AvgIpc) is 3.72. The summed E-state index contributed by atoms with van der Waals surface area (Å²) in [7, 11) is 2.19. The summed E-state index contributed by atoms with van der Waals surface area (Å²) in [5.74, 6) is 0.631. The van der Waals surface area contributed by atoms with Crippen LogP contribution in [0, 0.1) is 6.92 Å². The number of piperazine rings is 2. The van der Waals surface area contributed by atoms with E-state index in [1.54, 1.807) is 17.4 Å². The highest BCUT2D eigenvalue weighted by atomic mass is 32.1. The molecule has 3 aliphatic rings. The van der Waals surface area contributed by atoms with Gasteiger partial charge in [0.1, 0.15) is 5.75 Å². The van der Waals surface area contributed by atoms with Crippen molar-refractivity contribution in [2.75, 3.05) is 79.8 Å². The molecule has 8 rings (SSSR count). The molecule has 12 heteroatoms. The van der Waals surface area contributed by atoms with Crippen molar-refractivity contribution in [2.45, 2.75) is 51.4 Å². The van der Waals surface area contributed by atoms with Crippen molar-refractivity contribution in [2.24, 2.45) is 5.73 Å². The lowest BCUT2D eigenvalue weighted by Gasteiger charge is -2.42. The number of aromatic nitrogens is 3. The number of phenols is 1. The minimum Gasteiger partial charge on any atom is -0.507 e. The Labute approximate surface area is 322 Å². The van der Waals surface area contributed by atoms with Gasteiger partial charge in [0.15, 0.2) is 5.82 Å². The van der Waals surface area contributed by atoms with Crippen molar-refractivity contribution in [3.05, 3.63) is 95.1 Å². The number of hydrogen-bond donors (Lipinski definition) is 3. The van der Waals surface area contributed by atoms with Crippen LogP contribution in [0.2, 0.25) is 0 Å². The van der Waals surface area contributed by atoms with Crippen LogP contribution < -0.4 is 26.2 Å². The third-order valence-corrected chi connectivity index (χ3v) is 12.7. The fraction of sp³-hybridized carbons (Fsp3) is 0.405. The number of thiazole rings is 1. The molecule has 0 amide bonds. The zero-order chi connectivity index (χ0) is 37.2. The third kappa shape index (κ3) is 7.61. The summed E-state index contributed by atoms with van der Waals surface area (Å²) in [6.07, 6.45) is 3.47. The lowest BCUT2D eigenvalue weighted by atomic mass is 10.1. The number of nitrogens with zero attached hydrogens (tertiary/aromatic N) is 8. The lowest BCUT2D eigenvalue weighted by molar-refractivity contribution is 0.160. The average molecular weight is 745 g/mol. The fourth-order valence-electron chi connectivity index (χ4n) is 8.63. The summed E-state index contributed by atoms with van der Waals surface area (Å²) in [6.45, 7) is 11.7. The molecule has 3 aliphatic heterocycles. The second-order valence-corrected chi connectivity index (χ2v) is 15.9. The molecule has 0 spiro atoms. The van der Waals surface area contributed by atoms with Gasteiger partial charge in [-0.2, -0.15) is 0 Å². The minimum atomic E-state index is 0.193. The van der Waals surface area contributed by atoms with E-state index < -0.39 is 0 Å². The van der Waals surface area contributed by atoms with E-state index in [1.807, 2.05) is 29.8 Å². The number of aryl methyl sites for hydroxylation is 1. The van der Waals surface area contributed by atoms with Crippen LogP contribution in [0.1, 0.15) is 36.1 Å². The molecule has 0 aliphatic carbocycles. The number of rotatable bonds is 12. The molecule has 282 valence electrons. The van der Waals surface area contributed by atoms with Crippen LogP contribution in [0.25, 0.3) is 21.7 Å². The Morgan fingerprint density at radius 2 is 1.67 bits per heavy atom. The highest BCUT2D eigenvalue weighted by Gasteiger charge is 2.40. The topological polar surface area (TPSA) is 127 Å². The highest BCUT2D eigenvalue weighted by molar-refractivity contribution is 7.13. The number of hydrogen-bond acceptors (Lipinski definition) is 12. The second kappa shape index (κ2) is 15.9. The minimum absolute atomic E-state index is 0.193. The Bertz CT molecular complexity index is 2030. The Morgan fingerprint density at radius 3 is 2.37 bits per heavy atom. The summed E-state index contributed by atoms with van der Waals surface area (Å²) in [4.78, 5) is 18.2. The first-order valence-electron chi connectivity index (χ1n) is 19.3. The Kier molecular flexibility index (Phi) is 10.7. The van der Waals surface area contributed by atoms with Crippen LogP contribution in [0.3, 0.4) is 0 Å². The zero-order valence-electron chi connectivity index (χ0n) is 31.4. The van der Waals surface area contributed by atoms with E-state index in [-0.39, 0.29) is 5.75 Å². The first-order valence-corrected chi connectivity index (χ1v) is 20.2. The molecule has 2 bridgehead atoms. The Morgan fingerprint density at radius 1 is 0.907 bits per heavy atom. The van der Waals surface area contributed by atoms with E-state index in [9.17, 15) is 5.11 Å². The van der Waals surface area contributed by atoms with Gasteiger partial charge in [0, 0.05) is 95.0 Å². The van der Waals surface area contributed by atoms with E-state index in [1.165, 1.54) is 45.8 Å². The largest absolute Gasteiger partial charge is 0.507 e. The molecule has 0 saturated carbocycles. The lowest BCUT2D eigenvalue weighted by Crippen LogP contribution is -2.53. The van der Waals surface area contributed by atoms with Gasteiger partial charge in [-0.15, -0.1) is 21.5 Å². The predicted molar refractivity (Wildman–Crippen MR) is 221 cm³/mol. The van der Waals surface area contributed by atoms with E-state index >= 15 is 0 Å². The van der Waals surface area contributed by atoms with E-state index in [0.29, 0.717) is 35.7 Å². The first kappa shape index (κ1) is 36.2. The molecular weight excluding hydrogens is 693 g/mol. The fourth-order valence-corrected chi connectivity index (χ4v) is 9.43. The second-order valence-electron chi connectivity index (χ2n) is 15.1. The number of nitrogens with two attached hydrogens (primary N) is 2. The van der Waals surface area contributed by atoms with Gasteiger partial charge in [-0.05, 0) is 85.8 Å². The van der Waals surface area contributed by atoms with Crippen LogP contribution in [0.4, 0.5) is 22.9 Å². The molecule has 3 saturated heterocycles. The van der Waals surface area contributed by atoms with Crippen molar-refractivity contribution >= 4 is 34.2 Å². The molecule has 5 aromatic rings. The van der Waals surface area contributed by atoms with Crippen LogP contribution in [0.5, 0.6) is 5.75 Å². The highest BCUT2D eigenvalue weighted by Crippen LogP contribution is 2.38. The first-order chi connectivity index (χ1) is 26.3. The van der Waals surface area contributed by atoms with Crippen LogP contribution in [-0.4, -0.2) is 102 Å². The molecule has 11 nitrogen and oxygen atoms in total. The maximum Gasteiger partial charge on any atom is 0.169 e. The Hall–Kier alpha value is -4.75. The van der Waals surface area contributed by atoms with E-state index in [2.05, 4.69) is 96.1 Å². The summed E-state index contributed by atoms with van der Waals surface area (Å²) in [5, 5.41) is 19.0. The van der Waals surface area contributed by atoms with Gasteiger partial charge in [0.25, 0.3) is 0 Å². The number of anilines is 4. The van der Waals surface area contributed by atoms with Crippen LogP contribution in [0.15, 0.2) is 78.3 Å². The van der Waals surface area contributed by atoms with Crippen molar-refractivity contribution in [1.29, 1.82) is 0 Å². The number of para-hydroxylation sites is 1. The maximum atomic E-state index is 10.4. The van der Waals surface area contributed by atoms with Crippen LogP contribution in [-0.2, 0) is 13.1 Å². The third-order valence-electron chi connectivity index (χ3n) is 11.7. The molecular formula is C42H52N10OS. The van der Waals surface area contributed by atoms with Crippen molar-refractivity contribution in [3.63, 3.8) is 0 Å². The maximum absolute atomic E-state index is 10.4. The summed E-state index contributed by atoms with van der Waals surface area (Å²) in [6, 6.07) is 26.1. The van der Waals surface area contributed by atoms with Gasteiger partial charge in [0.2, 0.25) is 0 Å². The van der Waals surface area contributed by atoms with Crippen molar-refractivity contribution in [3.8, 4) is 27.4 Å². The van der Waals surface area contributed by atoms with Gasteiger partial charge in [-0.1, -0.05) is 36.4 Å². The summed E-state index contributed by atoms with van der Waals surface area (Å²) >= 11 is 1.69. The van der Waals surface area contributed by atoms with Crippen LogP contribution >= 0.6 is 11.3 Å².